The predicted octanol–water partition coefficient (Wildman–Crippen LogP) is 2.09. The van der Waals surface area contributed by atoms with Gasteiger partial charge >= 0.3 is 9.28 Å². The van der Waals surface area contributed by atoms with Crippen molar-refractivity contribution in [2.75, 3.05) is 14.2 Å². The molecule has 0 aromatic carbocycles. The van der Waals surface area contributed by atoms with E-state index in [-0.39, 0.29) is 0 Å². The second-order valence-electron chi connectivity index (χ2n) is 4.95. The maximum Gasteiger partial charge on any atom is 0.323 e. The number of hydrogen-bond acceptors (Lipinski definition) is 3. The average Bonchev–Trinajstić information content (AvgIpc) is 2.02. The minimum absolute atomic E-state index is 0.536. The van der Waals surface area contributed by atoms with Crippen LogP contribution in [0.15, 0.2) is 0 Å². The molecule has 1 unspecified atom stereocenters. The molecule has 15 heavy (non-hydrogen) atoms. The van der Waals surface area contributed by atoms with Crippen LogP contribution in [0.3, 0.4) is 0 Å². The summed E-state index contributed by atoms with van der Waals surface area (Å²) >= 11 is 0. The minimum Gasteiger partial charge on any atom is -0.458 e. The van der Waals surface area contributed by atoms with Crippen molar-refractivity contribution in [1.82, 2.24) is 0 Å². The van der Waals surface area contributed by atoms with Gasteiger partial charge in [0.1, 0.15) is 0 Å². The zero-order valence-corrected chi connectivity index (χ0v) is 14.5. The largest absolute Gasteiger partial charge is 0.458 e. The maximum absolute atomic E-state index is 6.14. The quantitative estimate of drug-likeness (QED) is 0.661. The van der Waals surface area contributed by atoms with E-state index in [4.69, 9.17) is 13.0 Å². The van der Waals surface area contributed by atoms with Gasteiger partial charge in [0.05, 0.1) is 0 Å². The van der Waals surface area contributed by atoms with Gasteiger partial charge in [0.25, 0.3) is 0 Å². The van der Waals surface area contributed by atoms with Gasteiger partial charge in [-0.2, -0.15) is 0 Å². The van der Waals surface area contributed by atoms with Crippen molar-refractivity contribution in [3.63, 3.8) is 0 Å². The Labute approximate surface area is 98.8 Å². The van der Waals surface area contributed by atoms with Crippen LogP contribution in [0.2, 0.25) is 37.8 Å². The molecule has 0 aromatic rings. The van der Waals surface area contributed by atoms with Crippen molar-refractivity contribution in [3.05, 3.63) is 0 Å². The third kappa shape index (κ3) is 6.64. The summed E-state index contributed by atoms with van der Waals surface area (Å²) in [6, 6.07) is 1.15. The van der Waals surface area contributed by atoms with Crippen molar-refractivity contribution in [2.24, 2.45) is 0 Å². The third-order valence-electron chi connectivity index (χ3n) is 2.30. The first-order chi connectivity index (χ1) is 6.82. The van der Waals surface area contributed by atoms with Crippen molar-refractivity contribution in [1.29, 1.82) is 0 Å². The molecule has 0 aromatic heterocycles. The second-order valence-corrected chi connectivity index (χ2v) is 14.7. The van der Waals surface area contributed by atoms with E-state index in [1.54, 1.807) is 14.2 Å². The normalized spacial score (nSPS) is 15.0. The van der Waals surface area contributed by atoms with Crippen LogP contribution in [-0.4, -0.2) is 40.9 Å². The van der Waals surface area contributed by atoms with Gasteiger partial charge in [-0.15, -0.1) is 0 Å². The molecule has 1 atom stereocenters. The predicted molar refractivity (Wildman–Crippen MR) is 72.8 cm³/mol. The lowest BCUT2D eigenvalue weighted by atomic mass is 10.6. The lowest BCUT2D eigenvalue weighted by molar-refractivity contribution is 0.268. The molecular formula is C9H26O3Si3. The SMILES string of the molecule is CO[SiH](OC)C(C)C[Si](C)(C)O[SiH](C)C. The molecule has 6 heteroatoms. The Kier molecular flexibility index (Phi) is 7.22. The first-order valence-corrected chi connectivity index (χ1v) is 13.1. The molecule has 0 aliphatic carbocycles. The van der Waals surface area contributed by atoms with Crippen molar-refractivity contribution in [2.45, 2.75) is 44.7 Å². The van der Waals surface area contributed by atoms with E-state index in [9.17, 15) is 0 Å². The van der Waals surface area contributed by atoms with Gasteiger partial charge in [0, 0.05) is 14.2 Å². The molecule has 0 bridgehead atoms. The number of hydrogen-bond donors (Lipinski definition) is 0. The van der Waals surface area contributed by atoms with Gasteiger partial charge in [-0.25, -0.2) is 0 Å². The van der Waals surface area contributed by atoms with Crippen molar-refractivity contribution in [3.8, 4) is 0 Å². The molecule has 0 aliphatic rings. The standard InChI is InChI=1S/C9H26O3Si3/c1-9(14(10-2)11-3)8-15(6,7)12-13(4)5/h9,13-14H,8H2,1-7H3. The second kappa shape index (κ2) is 6.97. The van der Waals surface area contributed by atoms with E-state index >= 15 is 0 Å². The Hall–Kier alpha value is 0.531. The first-order valence-electron chi connectivity index (χ1n) is 5.55. The topological polar surface area (TPSA) is 27.7 Å². The third-order valence-corrected chi connectivity index (χ3v) is 10.9. The van der Waals surface area contributed by atoms with Crippen LogP contribution in [0.25, 0.3) is 0 Å². The van der Waals surface area contributed by atoms with E-state index in [0.29, 0.717) is 5.54 Å². The molecule has 0 radical (unpaired) electrons. The fourth-order valence-corrected chi connectivity index (χ4v) is 12.8. The molecule has 3 nitrogen and oxygen atoms in total. The zero-order valence-electron chi connectivity index (χ0n) is 11.2. The highest BCUT2D eigenvalue weighted by Crippen LogP contribution is 2.25. The molecule has 0 saturated heterocycles. The summed E-state index contributed by atoms with van der Waals surface area (Å²) in [4.78, 5) is 0. The summed E-state index contributed by atoms with van der Waals surface area (Å²) in [5, 5.41) is 0. The van der Waals surface area contributed by atoms with Crippen LogP contribution in [-0.2, 0) is 13.0 Å². The maximum atomic E-state index is 6.14. The molecule has 0 aliphatic heterocycles. The molecule has 0 rings (SSSR count). The van der Waals surface area contributed by atoms with Crippen molar-refractivity contribution >= 4 is 26.6 Å². The summed E-state index contributed by atoms with van der Waals surface area (Å²) in [7, 11) is -0.351. The van der Waals surface area contributed by atoms with Crippen LogP contribution in [0, 0.1) is 0 Å². The Balaban J connectivity index is 4.18. The highest BCUT2D eigenvalue weighted by Gasteiger charge is 2.31. The molecule has 0 heterocycles. The molecule has 0 spiro atoms. The first kappa shape index (κ1) is 15.5. The van der Waals surface area contributed by atoms with Crippen LogP contribution >= 0.6 is 0 Å². The Morgan fingerprint density at radius 3 is 1.93 bits per heavy atom. The number of rotatable bonds is 7. The van der Waals surface area contributed by atoms with E-state index < -0.39 is 26.6 Å². The average molecular weight is 267 g/mol. The van der Waals surface area contributed by atoms with Crippen LogP contribution in [0.5, 0.6) is 0 Å². The van der Waals surface area contributed by atoms with Crippen molar-refractivity contribution < 1.29 is 13.0 Å². The summed E-state index contributed by atoms with van der Waals surface area (Å²) < 4.78 is 16.9. The summed E-state index contributed by atoms with van der Waals surface area (Å²) in [6.45, 7) is 11.3. The van der Waals surface area contributed by atoms with Crippen LogP contribution in [0.1, 0.15) is 6.92 Å². The monoisotopic (exact) mass is 266 g/mol. The molecule has 92 valence electrons. The van der Waals surface area contributed by atoms with Crippen LogP contribution in [0.4, 0.5) is 0 Å². The van der Waals surface area contributed by atoms with E-state index in [0.717, 1.165) is 6.04 Å². The Morgan fingerprint density at radius 2 is 1.60 bits per heavy atom. The van der Waals surface area contributed by atoms with Crippen LogP contribution < -0.4 is 0 Å². The van der Waals surface area contributed by atoms with Gasteiger partial charge in [-0.05, 0) is 37.8 Å². The zero-order chi connectivity index (χ0) is 12.1. The smallest absolute Gasteiger partial charge is 0.323 e. The highest BCUT2D eigenvalue weighted by atomic mass is 28.4. The Bertz CT molecular complexity index is 172. The van der Waals surface area contributed by atoms with Gasteiger partial charge in [0.2, 0.25) is 0 Å². The molecule has 0 amide bonds. The molecule has 0 N–H and O–H groups in total. The summed E-state index contributed by atoms with van der Waals surface area (Å²) in [5.74, 6) is 0. The molecule has 0 fully saturated rings. The summed E-state index contributed by atoms with van der Waals surface area (Å²) in [5.41, 5.74) is 0.536. The van der Waals surface area contributed by atoms with E-state index in [1.807, 2.05) is 0 Å². The fourth-order valence-electron chi connectivity index (χ4n) is 2.12. The van der Waals surface area contributed by atoms with Gasteiger partial charge in [0.15, 0.2) is 17.4 Å². The minimum atomic E-state index is -1.49. The van der Waals surface area contributed by atoms with E-state index in [1.165, 1.54) is 0 Å². The fraction of sp³-hybridized carbons (Fsp3) is 1.00. The highest BCUT2D eigenvalue weighted by molar-refractivity contribution is 6.78. The lowest BCUT2D eigenvalue weighted by Gasteiger charge is -2.30. The lowest BCUT2D eigenvalue weighted by Crippen LogP contribution is -2.39. The Morgan fingerprint density at radius 1 is 1.13 bits per heavy atom. The molecule has 0 saturated carbocycles. The molecular weight excluding hydrogens is 240 g/mol. The van der Waals surface area contributed by atoms with E-state index in [2.05, 4.69) is 33.1 Å². The van der Waals surface area contributed by atoms with Gasteiger partial charge < -0.3 is 13.0 Å². The van der Waals surface area contributed by atoms with Gasteiger partial charge in [-0.1, -0.05) is 6.92 Å². The van der Waals surface area contributed by atoms with Gasteiger partial charge in [-0.3, -0.25) is 0 Å². The summed E-state index contributed by atoms with van der Waals surface area (Å²) in [6.07, 6.45) is 0.